The molecule has 17 heavy (non-hydrogen) atoms. The standard InChI is InChI=1S/C14H24N2S/c17-14(15-13-7-2-1-3-8-13)16-9-11-5-4-6-12(11)10-16/h11-13H,1-10H2,(H,15,17). The molecule has 2 atom stereocenters. The van der Waals surface area contributed by atoms with E-state index in [-0.39, 0.29) is 0 Å². The first kappa shape index (κ1) is 11.8. The van der Waals surface area contributed by atoms with Gasteiger partial charge in [0.15, 0.2) is 5.11 Å². The van der Waals surface area contributed by atoms with Gasteiger partial charge in [-0.15, -0.1) is 0 Å². The topological polar surface area (TPSA) is 15.3 Å². The van der Waals surface area contributed by atoms with Crippen LogP contribution >= 0.6 is 12.2 Å². The molecule has 2 saturated carbocycles. The van der Waals surface area contributed by atoms with Gasteiger partial charge in [-0.05, 0) is 49.7 Å². The van der Waals surface area contributed by atoms with Gasteiger partial charge < -0.3 is 10.2 Å². The molecule has 1 N–H and O–H groups in total. The molecule has 0 amide bonds. The zero-order valence-electron chi connectivity index (χ0n) is 10.7. The van der Waals surface area contributed by atoms with Crippen LogP contribution in [0.25, 0.3) is 0 Å². The van der Waals surface area contributed by atoms with Crippen LogP contribution in [0.2, 0.25) is 0 Å². The average Bonchev–Trinajstić information content (AvgIpc) is 2.90. The van der Waals surface area contributed by atoms with Gasteiger partial charge in [0.25, 0.3) is 0 Å². The third-order valence-electron chi connectivity index (χ3n) is 4.95. The second kappa shape index (κ2) is 5.13. The van der Waals surface area contributed by atoms with Crippen molar-refractivity contribution in [1.82, 2.24) is 10.2 Å². The third-order valence-corrected chi connectivity index (χ3v) is 5.32. The van der Waals surface area contributed by atoms with E-state index in [2.05, 4.69) is 10.2 Å². The molecule has 2 unspecified atom stereocenters. The predicted octanol–water partition coefficient (Wildman–Crippen LogP) is 2.93. The summed E-state index contributed by atoms with van der Waals surface area (Å²) < 4.78 is 0. The summed E-state index contributed by atoms with van der Waals surface area (Å²) in [7, 11) is 0. The van der Waals surface area contributed by atoms with Crippen LogP contribution in [0.4, 0.5) is 0 Å². The molecule has 0 bridgehead atoms. The quantitative estimate of drug-likeness (QED) is 0.722. The Morgan fingerprint density at radius 2 is 1.53 bits per heavy atom. The van der Waals surface area contributed by atoms with Crippen LogP contribution in [-0.4, -0.2) is 29.1 Å². The molecule has 0 radical (unpaired) electrons. The summed E-state index contributed by atoms with van der Waals surface area (Å²) in [6.45, 7) is 2.45. The van der Waals surface area contributed by atoms with Crippen molar-refractivity contribution < 1.29 is 0 Å². The van der Waals surface area contributed by atoms with Gasteiger partial charge in [0, 0.05) is 19.1 Å². The smallest absolute Gasteiger partial charge is 0.169 e. The lowest BCUT2D eigenvalue weighted by Crippen LogP contribution is -2.44. The van der Waals surface area contributed by atoms with Gasteiger partial charge in [0.2, 0.25) is 0 Å². The Morgan fingerprint density at radius 3 is 2.18 bits per heavy atom. The Balaban J connectivity index is 1.49. The third kappa shape index (κ3) is 2.59. The molecule has 2 nitrogen and oxygen atoms in total. The highest BCUT2D eigenvalue weighted by molar-refractivity contribution is 7.80. The molecule has 3 aliphatic rings. The summed E-state index contributed by atoms with van der Waals surface area (Å²) in [4.78, 5) is 2.44. The van der Waals surface area contributed by atoms with E-state index in [1.165, 1.54) is 64.5 Å². The van der Waals surface area contributed by atoms with Crippen molar-refractivity contribution in [3.8, 4) is 0 Å². The first-order valence-corrected chi connectivity index (χ1v) is 7.79. The molecule has 3 heteroatoms. The molecule has 0 aromatic heterocycles. The molecule has 1 heterocycles. The van der Waals surface area contributed by atoms with E-state index in [0.29, 0.717) is 6.04 Å². The van der Waals surface area contributed by atoms with Crippen LogP contribution in [0, 0.1) is 11.8 Å². The van der Waals surface area contributed by atoms with Crippen molar-refractivity contribution in [2.24, 2.45) is 11.8 Å². The fourth-order valence-electron chi connectivity index (χ4n) is 3.91. The summed E-state index contributed by atoms with van der Waals surface area (Å²) in [6.07, 6.45) is 11.1. The van der Waals surface area contributed by atoms with Crippen molar-refractivity contribution in [2.45, 2.75) is 57.4 Å². The lowest BCUT2D eigenvalue weighted by Gasteiger charge is -2.28. The number of thiocarbonyl (C=S) groups is 1. The fraction of sp³-hybridized carbons (Fsp3) is 0.929. The second-order valence-electron chi connectivity index (χ2n) is 6.14. The minimum atomic E-state index is 0.664. The highest BCUT2D eigenvalue weighted by Crippen LogP contribution is 2.37. The lowest BCUT2D eigenvalue weighted by atomic mass is 9.96. The highest BCUT2D eigenvalue weighted by Gasteiger charge is 2.37. The number of hydrogen-bond acceptors (Lipinski definition) is 1. The van der Waals surface area contributed by atoms with Crippen LogP contribution in [0.1, 0.15) is 51.4 Å². The van der Waals surface area contributed by atoms with Crippen LogP contribution in [0.3, 0.4) is 0 Å². The Hall–Kier alpha value is -0.310. The van der Waals surface area contributed by atoms with E-state index in [0.717, 1.165) is 16.9 Å². The molecule has 2 aliphatic carbocycles. The van der Waals surface area contributed by atoms with Gasteiger partial charge in [-0.3, -0.25) is 0 Å². The van der Waals surface area contributed by atoms with Crippen molar-refractivity contribution >= 4 is 17.3 Å². The monoisotopic (exact) mass is 252 g/mol. The molecule has 1 aliphatic heterocycles. The predicted molar refractivity (Wildman–Crippen MR) is 75.0 cm³/mol. The molecular weight excluding hydrogens is 228 g/mol. The summed E-state index contributed by atoms with van der Waals surface area (Å²) in [5.41, 5.74) is 0. The first-order chi connectivity index (χ1) is 8.33. The average molecular weight is 252 g/mol. The van der Waals surface area contributed by atoms with Crippen molar-refractivity contribution in [3.05, 3.63) is 0 Å². The molecule has 0 aromatic carbocycles. The molecule has 0 aromatic rings. The number of nitrogens with zero attached hydrogens (tertiary/aromatic N) is 1. The molecule has 3 rings (SSSR count). The summed E-state index contributed by atoms with van der Waals surface area (Å²) >= 11 is 5.59. The zero-order valence-corrected chi connectivity index (χ0v) is 11.5. The van der Waals surface area contributed by atoms with Gasteiger partial charge in [0.05, 0.1) is 0 Å². The van der Waals surface area contributed by atoms with E-state index in [9.17, 15) is 0 Å². The SMILES string of the molecule is S=C(NC1CCCCC1)N1CC2CCCC2C1. The minimum Gasteiger partial charge on any atom is -0.360 e. The number of fused-ring (bicyclic) bond motifs is 1. The van der Waals surface area contributed by atoms with Crippen LogP contribution in [0.5, 0.6) is 0 Å². The van der Waals surface area contributed by atoms with E-state index < -0.39 is 0 Å². The molecule has 0 spiro atoms. The highest BCUT2D eigenvalue weighted by atomic mass is 32.1. The van der Waals surface area contributed by atoms with Crippen molar-refractivity contribution in [3.63, 3.8) is 0 Å². The van der Waals surface area contributed by atoms with Gasteiger partial charge in [-0.25, -0.2) is 0 Å². The Bertz CT molecular complexity index is 274. The van der Waals surface area contributed by atoms with Gasteiger partial charge in [-0.2, -0.15) is 0 Å². The van der Waals surface area contributed by atoms with Crippen LogP contribution < -0.4 is 5.32 Å². The molecule has 1 saturated heterocycles. The fourth-order valence-corrected chi connectivity index (χ4v) is 4.23. The second-order valence-corrected chi connectivity index (χ2v) is 6.53. The lowest BCUT2D eigenvalue weighted by molar-refractivity contribution is 0.387. The largest absolute Gasteiger partial charge is 0.360 e. The van der Waals surface area contributed by atoms with Crippen molar-refractivity contribution in [2.75, 3.05) is 13.1 Å². The van der Waals surface area contributed by atoms with Crippen molar-refractivity contribution in [1.29, 1.82) is 0 Å². The van der Waals surface area contributed by atoms with E-state index in [1.807, 2.05) is 0 Å². The molecule has 96 valence electrons. The van der Waals surface area contributed by atoms with E-state index in [4.69, 9.17) is 12.2 Å². The van der Waals surface area contributed by atoms with E-state index in [1.54, 1.807) is 0 Å². The summed E-state index contributed by atoms with van der Waals surface area (Å²) in [6, 6.07) is 0.664. The maximum atomic E-state index is 5.59. The maximum Gasteiger partial charge on any atom is 0.169 e. The Morgan fingerprint density at radius 1 is 0.882 bits per heavy atom. The number of likely N-dealkylation sites (tertiary alicyclic amines) is 1. The molecule has 3 fully saturated rings. The Kier molecular flexibility index (Phi) is 3.55. The van der Waals surface area contributed by atoms with Gasteiger partial charge in [0.1, 0.15) is 0 Å². The normalized spacial score (nSPS) is 33.8. The number of nitrogens with one attached hydrogen (secondary N) is 1. The summed E-state index contributed by atoms with van der Waals surface area (Å²) in [5.74, 6) is 1.89. The zero-order chi connectivity index (χ0) is 11.7. The molecular formula is C14H24N2S. The summed E-state index contributed by atoms with van der Waals surface area (Å²) in [5, 5.41) is 4.65. The van der Waals surface area contributed by atoms with Crippen LogP contribution in [-0.2, 0) is 0 Å². The minimum absolute atomic E-state index is 0.664. The maximum absolute atomic E-state index is 5.59. The van der Waals surface area contributed by atoms with Crippen LogP contribution in [0.15, 0.2) is 0 Å². The van der Waals surface area contributed by atoms with Gasteiger partial charge >= 0.3 is 0 Å². The number of hydrogen-bond donors (Lipinski definition) is 1. The van der Waals surface area contributed by atoms with Gasteiger partial charge in [-0.1, -0.05) is 25.7 Å². The Labute approximate surface area is 110 Å². The number of rotatable bonds is 1. The van der Waals surface area contributed by atoms with E-state index >= 15 is 0 Å². The first-order valence-electron chi connectivity index (χ1n) is 7.38.